The first-order valence-electron chi connectivity index (χ1n) is 9.99. The molecule has 172 valence electrons. The van der Waals surface area contributed by atoms with Gasteiger partial charge < -0.3 is 9.47 Å². The maximum absolute atomic E-state index is 13.4. The van der Waals surface area contributed by atoms with Crippen molar-refractivity contribution in [3.63, 3.8) is 0 Å². The van der Waals surface area contributed by atoms with E-state index in [1.165, 1.54) is 31.4 Å². The lowest BCUT2D eigenvalue weighted by Gasteiger charge is -2.12. The van der Waals surface area contributed by atoms with Crippen molar-refractivity contribution in [2.45, 2.75) is 6.54 Å². The van der Waals surface area contributed by atoms with Crippen LogP contribution < -0.4 is 9.47 Å². The molecule has 6 nitrogen and oxygen atoms in total. The monoisotopic (exact) mass is 497 g/mol. The fourth-order valence-corrected chi connectivity index (χ4v) is 4.16. The van der Waals surface area contributed by atoms with E-state index in [9.17, 15) is 18.8 Å². The molecule has 2 amide bonds. The second kappa shape index (κ2) is 10.1. The van der Waals surface area contributed by atoms with E-state index in [1.54, 1.807) is 42.5 Å². The van der Waals surface area contributed by atoms with E-state index in [2.05, 4.69) is 0 Å². The minimum atomic E-state index is -0.742. The number of thioether (sulfide) groups is 1. The van der Waals surface area contributed by atoms with Crippen molar-refractivity contribution in [1.29, 1.82) is 0 Å². The second-order valence-electron chi connectivity index (χ2n) is 7.20. The summed E-state index contributed by atoms with van der Waals surface area (Å²) in [7, 11) is 1.40. The van der Waals surface area contributed by atoms with Gasteiger partial charge in [0.25, 0.3) is 11.1 Å². The van der Waals surface area contributed by atoms with E-state index in [0.717, 1.165) is 28.3 Å². The summed E-state index contributed by atoms with van der Waals surface area (Å²) in [6, 6.07) is 16.7. The Hall–Kier alpha value is -3.62. The first-order chi connectivity index (χ1) is 16.3. The van der Waals surface area contributed by atoms with Gasteiger partial charge in [-0.3, -0.25) is 14.5 Å². The highest BCUT2D eigenvalue weighted by atomic mass is 35.5. The predicted octanol–water partition coefficient (Wildman–Crippen LogP) is 5.94. The maximum Gasteiger partial charge on any atom is 0.343 e. The van der Waals surface area contributed by atoms with Gasteiger partial charge in [0.2, 0.25) is 0 Å². The molecule has 1 fully saturated rings. The van der Waals surface area contributed by atoms with E-state index < -0.39 is 17.7 Å². The van der Waals surface area contributed by atoms with Crippen LogP contribution in [0.25, 0.3) is 6.08 Å². The number of hydrogen-bond donors (Lipinski definition) is 0. The number of ether oxygens (including phenoxy) is 2. The molecule has 1 saturated heterocycles. The number of amides is 2. The fourth-order valence-electron chi connectivity index (χ4n) is 3.19. The molecule has 9 heteroatoms. The van der Waals surface area contributed by atoms with E-state index in [1.807, 2.05) is 0 Å². The van der Waals surface area contributed by atoms with Gasteiger partial charge in [0.15, 0.2) is 11.5 Å². The fraction of sp³-hybridized carbons (Fsp3) is 0.0800. The lowest BCUT2D eigenvalue weighted by molar-refractivity contribution is -0.123. The highest BCUT2D eigenvalue weighted by Crippen LogP contribution is 2.35. The van der Waals surface area contributed by atoms with Gasteiger partial charge in [-0.15, -0.1) is 0 Å². The Bertz CT molecular complexity index is 1310. The molecule has 0 unspecified atom stereocenters. The number of carbonyl (C=O) groups excluding carboxylic acids is 3. The number of nitrogens with zero attached hydrogens (tertiary/aromatic N) is 1. The molecule has 3 aromatic carbocycles. The highest BCUT2D eigenvalue weighted by Gasteiger charge is 2.35. The number of rotatable bonds is 6. The van der Waals surface area contributed by atoms with Gasteiger partial charge in [0.05, 0.1) is 24.1 Å². The minimum Gasteiger partial charge on any atom is -0.493 e. The summed E-state index contributed by atoms with van der Waals surface area (Å²) in [6.07, 6.45) is 1.56. The third-order valence-corrected chi connectivity index (χ3v) is 6.04. The van der Waals surface area contributed by atoms with Crippen molar-refractivity contribution in [1.82, 2.24) is 4.90 Å². The lowest BCUT2D eigenvalue weighted by atomic mass is 10.1. The van der Waals surface area contributed by atoms with Gasteiger partial charge in [0, 0.05) is 5.02 Å². The quantitative estimate of drug-likeness (QED) is 0.238. The van der Waals surface area contributed by atoms with Crippen molar-refractivity contribution in [3.05, 3.63) is 99.2 Å². The van der Waals surface area contributed by atoms with Crippen LogP contribution in [0.2, 0.25) is 5.02 Å². The Morgan fingerprint density at radius 3 is 2.53 bits per heavy atom. The van der Waals surface area contributed by atoms with Gasteiger partial charge in [-0.1, -0.05) is 35.9 Å². The standard InChI is InChI=1S/C25H17ClFNO5S/c1-32-21-11-16(7-10-20(21)33-24(30)17-3-2-4-19(27)13-17)12-22-23(29)28(25(31)34-22)14-15-5-8-18(26)9-6-15/h2-13H,14H2,1H3/b22-12-. The Balaban J connectivity index is 1.51. The molecule has 0 spiro atoms. The van der Waals surface area contributed by atoms with E-state index in [-0.39, 0.29) is 33.8 Å². The van der Waals surface area contributed by atoms with Crippen LogP contribution in [-0.2, 0) is 11.3 Å². The van der Waals surface area contributed by atoms with Gasteiger partial charge in [-0.05, 0) is 71.4 Å². The van der Waals surface area contributed by atoms with Crippen molar-refractivity contribution in [3.8, 4) is 11.5 Å². The summed E-state index contributed by atoms with van der Waals surface area (Å²) in [5.74, 6) is -1.34. The predicted molar refractivity (Wildman–Crippen MR) is 127 cm³/mol. The van der Waals surface area contributed by atoms with Crippen LogP contribution in [0.3, 0.4) is 0 Å². The van der Waals surface area contributed by atoms with Crippen LogP contribution in [0.1, 0.15) is 21.5 Å². The number of halogens is 2. The zero-order valence-corrected chi connectivity index (χ0v) is 19.4. The van der Waals surface area contributed by atoms with Crippen LogP contribution in [-0.4, -0.2) is 29.1 Å². The molecule has 0 N–H and O–H groups in total. The maximum atomic E-state index is 13.4. The first-order valence-corrected chi connectivity index (χ1v) is 11.2. The summed E-state index contributed by atoms with van der Waals surface area (Å²) < 4.78 is 24.0. The third kappa shape index (κ3) is 5.30. The molecule has 4 rings (SSSR count). The second-order valence-corrected chi connectivity index (χ2v) is 8.63. The topological polar surface area (TPSA) is 72.9 Å². The minimum absolute atomic E-state index is 0.0560. The van der Waals surface area contributed by atoms with E-state index in [4.69, 9.17) is 21.1 Å². The Kier molecular flexibility index (Phi) is 7.00. The van der Waals surface area contributed by atoms with Crippen LogP contribution in [0.5, 0.6) is 11.5 Å². The molecule has 1 aliphatic rings. The van der Waals surface area contributed by atoms with Crippen LogP contribution in [0, 0.1) is 5.82 Å². The van der Waals surface area contributed by atoms with Gasteiger partial charge in [-0.25, -0.2) is 9.18 Å². The number of carbonyl (C=O) groups is 3. The molecular weight excluding hydrogens is 481 g/mol. The Morgan fingerprint density at radius 2 is 1.82 bits per heavy atom. The summed E-state index contributed by atoms with van der Waals surface area (Å²) in [4.78, 5) is 38.9. The van der Waals surface area contributed by atoms with Crippen LogP contribution >= 0.6 is 23.4 Å². The molecule has 3 aromatic rings. The van der Waals surface area contributed by atoms with Crippen molar-refractivity contribution in [2.75, 3.05) is 7.11 Å². The average Bonchev–Trinajstić information content (AvgIpc) is 3.08. The molecule has 0 bridgehead atoms. The molecule has 0 aromatic heterocycles. The number of esters is 1. The normalized spacial score (nSPS) is 14.6. The van der Waals surface area contributed by atoms with Gasteiger partial charge in [0.1, 0.15) is 5.82 Å². The molecule has 34 heavy (non-hydrogen) atoms. The number of benzene rings is 3. The summed E-state index contributed by atoms with van der Waals surface area (Å²) in [5, 5.41) is 0.190. The average molecular weight is 498 g/mol. The van der Waals surface area contributed by atoms with Crippen LogP contribution in [0.15, 0.2) is 71.6 Å². The van der Waals surface area contributed by atoms with Crippen LogP contribution in [0.4, 0.5) is 9.18 Å². The lowest BCUT2D eigenvalue weighted by Crippen LogP contribution is -2.27. The van der Waals surface area contributed by atoms with Gasteiger partial charge >= 0.3 is 5.97 Å². The summed E-state index contributed by atoms with van der Waals surface area (Å²) >= 11 is 6.72. The molecule has 1 aliphatic heterocycles. The van der Waals surface area contributed by atoms with Crippen molar-refractivity contribution in [2.24, 2.45) is 0 Å². The molecule has 0 radical (unpaired) electrons. The third-order valence-electron chi connectivity index (χ3n) is 4.88. The summed E-state index contributed by atoms with van der Waals surface area (Å²) in [5.41, 5.74) is 1.40. The number of imide groups is 1. The van der Waals surface area contributed by atoms with E-state index in [0.29, 0.717) is 10.6 Å². The molecular formula is C25H17ClFNO5S. The smallest absolute Gasteiger partial charge is 0.343 e. The number of hydrogen-bond acceptors (Lipinski definition) is 6. The number of methoxy groups -OCH3 is 1. The highest BCUT2D eigenvalue weighted by molar-refractivity contribution is 8.18. The molecule has 1 heterocycles. The zero-order valence-electron chi connectivity index (χ0n) is 17.8. The molecule has 0 aliphatic carbocycles. The van der Waals surface area contributed by atoms with Crippen molar-refractivity contribution < 1.29 is 28.2 Å². The van der Waals surface area contributed by atoms with Crippen molar-refractivity contribution >= 4 is 46.6 Å². The Labute approximate surface area is 203 Å². The SMILES string of the molecule is COc1cc(/C=C2\SC(=O)N(Cc3ccc(Cl)cc3)C2=O)ccc1OC(=O)c1cccc(F)c1. The molecule has 0 saturated carbocycles. The first kappa shape index (κ1) is 23.5. The summed E-state index contributed by atoms with van der Waals surface area (Å²) in [6.45, 7) is 0.136. The van der Waals surface area contributed by atoms with Gasteiger partial charge in [-0.2, -0.15) is 0 Å². The van der Waals surface area contributed by atoms with E-state index >= 15 is 0 Å². The Morgan fingerprint density at radius 1 is 1.06 bits per heavy atom. The molecule has 0 atom stereocenters. The largest absolute Gasteiger partial charge is 0.493 e. The zero-order chi connectivity index (χ0) is 24.2.